The Hall–Kier alpha value is -1.27. The van der Waals surface area contributed by atoms with Crippen LogP contribution in [-0.4, -0.2) is 11.5 Å². The number of hydrogen-bond donors (Lipinski definition) is 2. The summed E-state index contributed by atoms with van der Waals surface area (Å²) in [5.74, 6) is 0. The molecule has 1 fully saturated rings. The average Bonchev–Trinajstić information content (AvgIpc) is 2.62. The number of rotatable bonds is 4. The van der Waals surface area contributed by atoms with Crippen LogP contribution in [0.3, 0.4) is 0 Å². The molecule has 3 nitrogen and oxygen atoms in total. The van der Waals surface area contributed by atoms with Crippen LogP contribution in [0.15, 0.2) is 18.3 Å². The number of nitriles is 1. The molecule has 3 heteroatoms. The molecule has 2 rings (SSSR count). The number of nitrogens with one attached hydrogen (secondary N) is 2. The molecule has 0 spiro atoms. The molecule has 14 heavy (non-hydrogen) atoms. The molecule has 0 unspecified atom stereocenters. The molecule has 0 atom stereocenters. The second-order valence-corrected chi connectivity index (χ2v) is 4.04. The summed E-state index contributed by atoms with van der Waals surface area (Å²) in [6.07, 6.45) is 5.24. The summed E-state index contributed by atoms with van der Waals surface area (Å²) in [6, 6.07) is 6.46. The summed E-state index contributed by atoms with van der Waals surface area (Å²) >= 11 is 0. The van der Waals surface area contributed by atoms with Crippen molar-refractivity contribution in [2.75, 3.05) is 6.54 Å². The van der Waals surface area contributed by atoms with Crippen molar-refractivity contribution in [3.8, 4) is 6.07 Å². The molecule has 1 aromatic heterocycles. The molecule has 1 aromatic rings. The minimum atomic E-state index is -0.0629. The number of H-pyrrole nitrogens is 1. The van der Waals surface area contributed by atoms with Crippen molar-refractivity contribution < 1.29 is 0 Å². The van der Waals surface area contributed by atoms with Crippen LogP contribution in [0, 0.1) is 16.7 Å². The fraction of sp³-hybridized carbons (Fsp3) is 0.545. The quantitative estimate of drug-likeness (QED) is 0.758. The van der Waals surface area contributed by atoms with Gasteiger partial charge in [-0.25, -0.2) is 0 Å². The van der Waals surface area contributed by atoms with Gasteiger partial charge in [0.1, 0.15) is 0 Å². The van der Waals surface area contributed by atoms with Crippen molar-refractivity contribution in [2.45, 2.75) is 25.8 Å². The van der Waals surface area contributed by atoms with Crippen molar-refractivity contribution in [3.05, 3.63) is 24.0 Å². The van der Waals surface area contributed by atoms with Crippen LogP contribution in [0.25, 0.3) is 0 Å². The van der Waals surface area contributed by atoms with Crippen LogP contribution >= 0.6 is 0 Å². The molecule has 0 aromatic carbocycles. The highest BCUT2D eigenvalue weighted by molar-refractivity contribution is 5.07. The zero-order valence-electron chi connectivity index (χ0n) is 8.21. The molecule has 0 aliphatic heterocycles. The molecular weight excluding hydrogens is 174 g/mol. The first-order chi connectivity index (χ1) is 6.85. The zero-order chi connectivity index (χ0) is 9.86. The van der Waals surface area contributed by atoms with E-state index in [9.17, 15) is 0 Å². The third-order valence-corrected chi connectivity index (χ3v) is 2.99. The standard InChI is InChI=1S/C11H15N3/c12-8-11(4-2-5-11)9-13-7-10-3-1-6-14-10/h1,3,6,13-14H,2,4-5,7,9H2. The van der Waals surface area contributed by atoms with Crippen LogP contribution in [-0.2, 0) is 6.54 Å². The minimum Gasteiger partial charge on any atom is -0.364 e. The van der Waals surface area contributed by atoms with E-state index in [-0.39, 0.29) is 5.41 Å². The third-order valence-electron chi connectivity index (χ3n) is 2.99. The normalized spacial score (nSPS) is 18.5. The van der Waals surface area contributed by atoms with Gasteiger partial charge < -0.3 is 10.3 Å². The maximum absolute atomic E-state index is 9.00. The van der Waals surface area contributed by atoms with E-state index in [1.807, 2.05) is 18.3 Å². The van der Waals surface area contributed by atoms with E-state index >= 15 is 0 Å². The van der Waals surface area contributed by atoms with Gasteiger partial charge in [-0.15, -0.1) is 0 Å². The van der Waals surface area contributed by atoms with E-state index in [1.165, 1.54) is 12.1 Å². The minimum absolute atomic E-state index is 0.0629. The Morgan fingerprint density at radius 1 is 1.57 bits per heavy atom. The topological polar surface area (TPSA) is 51.6 Å². The van der Waals surface area contributed by atoms with Gasteiger partial charge in [-0.05, 0) is 25.0 Å². The van der Waals surface area contributed by atoms with Crippen LogP contribution in [0.2, 0.25) is 0 Å². The van der Waals surface area contributed by atoms with Crippen molar-refractivity contribution in [1.82, 2.24) is 10.3 Å². The lowest BCUT2D eigenvalue weighted by Gasteiger charge is -2.35. The molecule has 1 heterocycles. The molecule has 0 radical (unpaired) electrons. The SMILES string of the molecule is N#CC1(CNCc2ccc[nH]2)CCC1. The second-order valence-electron chi connectivity index (χ2n) is 4.04. The largest absolute Gasteiger partial charge is 0.364 e. The number of hydrogen-bond acceptors (Lipinski definition) is 2. The summed E-state index contributed by atoms with van der Waals surface area (Å²) in [5, 5.41) is 12.3. The fourth-order valence-corrected chi connectivity index (χ4v) is 1.85. The Labute approximate surface area is 84.1 Å². The maximum atomic E-state index is 9.00. The smallest absolute Gasteiger partial charge is 0.0703 e. The highest BCUT2D eigenvalue weighted by Crippen LogP contribution is 2.39. The summed E-state index contributed by atoms with van der Waals surface area (Å²) in [4.78, 5) is 3.13. The molecule has 0 bridgehead atoms. The first-order valence-corrected chi connectivity index (χ1v) is 5.09. The molecule has 0 saturated heterocycles. The van der Waals surface area contributed by atoms with E-state index in [2.05, 4.69) is 16.4 Å². The number of nitrogens with zero attached hydrogens (tertiary/aromatic N) is 1. The van der Waals surface area contributed by atoms with Gasteiger partial charge >= 0.3 is 0 Å². The van der Waals surface area contributed by atoms with Gasteiger partial charge in [0.05, 0.1) is 11.5 Å². The molecular formula is C11H15N3. The summed E-state index contributed by atoms with van der Waals surface area (Å²) in [7, 11) is 0. The molecule has 1 aliphatic carbocycles. The lowest BCUT2D eigenvalue weighted by Crippen LogP contribution is -2.38. The van der Waals surface area contributed by atoms with Gasteiger partial charge in [-0.2, -0.15) is 5.26 Å². The summed E-state index contributed by atoms with van der Waals surface area (Å²) in [5.41, 5.74) is 1.12. The Morgan fingerprint density at radius 3 is 2.93 bits per heavy atom. The highest BCUT2D eigenvalue weighted by Gasteiger charge is 2.36. The highest BCUT2D eigenvalue weighted by atomic mass is 14.9. The Kier molecular flexibility index (Phi) is 2.55. The predicted octanol–water partition coefficient (Wildman–Crippen LogP) is 1.80. The molecule has 1 aliphatic rings. The van der Waals surface area contributed by atoms with E-state index in [0.717, 1.165) is 25.9 Å². The van der Waals surface area contributed by atoms with Gasteiger partial charge in [-0.1, -0.05) is 6.42 Å². The van der Waals surface area contributed by atoms with Crippen molar-refractivity contribution in [2.24, 2.45) is 5.41 Å². The zero-order valence-corrected chi connectivity index (χ0v) is 8.21. The van der Waals surface area contributed by atoms with Gasteiger partial charge in [0, 0.05) is 25.0 Å². The summed E-state index contributed by atoms with van der Waals surface area (Å²) in [6.45, 7) is 1.65. The van der Waals surface area contributed by atoms with Crippen molar-refractivity contribution in [3.63, 3.8) is 0 Å². The van der Waals surface area contributed by atoms with Gasteiger partial charge in [0.2, 0.25) is 0 Å². The van der Waals surface area contributed by atoms with Crippen molar-refractivity contribution >= 4 is 0 Å². The first kappa shape index (κ1) is 9.29. The number of aromatic amines is 1. The first-order valence-electron chi connectivity index (χ1n) is 5.09. The maximum Gasteiger partial charge on any atom is 0.0703 e. The lowest BCUT2D eigenvalue weighted by atomic mass is 9.70. The van der Waals surface area contributed by atoms with E-state index in [4.69, 9.17) is 5.26 Å². The van der Waals surface area contributed by atoms with Gasteiger partial charge in [0.15, 0.2) is 0 Å². The fourth-order valence-electron chi connectivity index (χ4n) is 1.85. The average molecular weight is 189 g/mol. The van der Waals surface area contributed by atoms with Crippen molar-refractivity contribution in [1.29, 1.82) is 5.26 Å². The second kappa shape index (κ2) is 3.85. The molecule has 2 N–H and O–H groups in total. The van der Waals surface area contributed by atoms with Crippen LogP contribution in [0.1, 0.15) is 25.0 Å². The lowest BCUT2D eigenvalue weighted by molar-refractivity contribution is 0.206. The molecule has 1 saturated carbocycles. The van der Waals surface area contributed by atoms with Crippen LogP contribution in [0.5, 0.6) is 0 Å². The Bertz CT molecular complexity index is 317. The summed E-state index contributed by atoms with van der Waals surface area (Å²) < 4.78 is 0. The Balaban J connectivity index is 1.75. The molecule has 0 amide bonds. The monoisotopic (exact) mass is 189 g/mol. The van der Waals surface area contributed by atoms with Crippen LogP contribution in [0.4, 0.5) is 0 Å². The number of aromatic nitrogens is 1. The van der Waals surface area contributed by atoms with Crippen LogP contribution < -0.4 is 5.32 Å². The molecule has 74 valence electrons. The van der Waals surface area contributed by atoms with E-state index < -0.39 is 0 Å². The van der Waals surface area contributed by atoms with Gasteiger partial charge in [0.25, 0.3) is 0 Å². The Morgan fingerprint density at radius 2 is 2.43 bits per heavy atom. The predicted molar refractivity (Wildman–Crippen MR) is 54.4 cm³/mol. The van der Waals surface area contributed by atoms with Gasteiger partial charge in [-0.3, -0.25) is 0 Å². The third kappa shape index (κ3) is 1.80. The van der Waals surface area contributed by atoms with E-state index in [0.29, 0.717) is 0 Å². The van der Waals surface area contributed by atoms with E-state index in [1.54, 1.807) is 0 Å².